The first kappa shape index (κ1) is 17.9. The lowest BCUT2D eigenvalue weighted by Gasteiger charge is -2.18. The van der Waals surface area contributed by atoms with Crippen LogP contribution >= 0.6 is 39.3 Å². The fraction of sp³-hybridized carbons (Fsp3) is 0.263. The minimum Gasteiger partial charge on any atom is -0.369 e. The number of aryl methyl sites for hydroxylation is 2. The summed E-state index contributed by atoms with van der Waals surface area (Å²) in [6.07, 6.45) is 0. The lowest BCUT2D eigenvalue weighted by atomic mass is 9.98. The van der Waals surface area contributed by atoms with Gasteiger partial charge in [0.15, 0.2) is 0 Å². The number of nitrogens with one attached hydrogen (secondary N) is 1. The maximum Gasteiger partial charge on any atom is 0.129 e. The van der Waals surface area contributed by atoms with Gasteiger partial charge in [-0.3, -0.25) is 4.68 Å². The molecule has 0 aliphatic carbocycles. The topological polar surface area (TPSA) is 42.7 Å². The van der Waals surface area contributed by atoms with Crippen molar-refractivity contribution in [1.82, 2.24) is 14.8 Å². The zero-order valence-corrected chi connectivity index (χ0v) is 17.6. The molecule has 3 aromatic rings. The van der Waals surface area contributed by atoms with Crippen LogP contribution in [0.25, 0.3) is 11.4 Å². The van der Waals surface area contributed by atoms with Gasteiger partial charge < -0.3 is 5.32 Å². The van der Waals surface area contributed by atoms with E-state index < -0.39 is 0 Å². The first-order chi connectivity index (χ1) is 12.5. The third-order valence-electron chi connectivity index (χ3n) is 4.50. The van der Waals surface area contributed by atoms with Gasteiger partial charge >= 0.3 is 0 Å². The quantitative estimate of drug-likeness (QED) is 0.528. The van der Waals surface area contributed by atoms with E-state index in [9.17, 15) is 0 Å². The van der Waals surface area contributed by atoms with Gasteiger partial charge in [0.05, 0.1) is 10.9 Å². The summed E-state index contributed by atoms with van der Waals surface area (Å²) in [4.78, 5) is 4.64. The van der Waals surface area contributed by atoms with Gasteiger partial charge in [-0.05, 0) is 58.2 Å². The minimum atomic E-state index is 0.182. The van der Waals surface area contributed by atoms with E-state index >= 15 is 0 Å². The second kappa shape index (κ2) is 7.25. The molecule has 3 heterocycles. The Morgan fingerprint density at radius 1 is 1.31 bits per heavy atom. The largest absolute Gasteiger partial charge is 0.369 e. The van der Waals surface area contributed by atoms with Crippen molar-refractivity contribution in [2.45, 2.75) is 12.2 Å². The minimum absolute atomic E-state index is 0.182. The average molecular weight is 450 g/mol. The van der Waals surface area contributed by atoms with Crippen molar-refractivity contribution in [3.8, 4) is 11.4 Å². The predicted octanol–water partition coefficient (Wildman–Crippen LogP) is 5.45. The molecule has 1 N–H and O–H groups in total. The molecule has 26 heavy (non-hydrogen) atoms. The predicted molar refractivity (Wildman–Crippen MR) is 113 cm³/mol. The Bertz CT molecular complexity index is 972. The van der Waals surface area contributed by atoms with Crippen LogP contribution < -0.4 is 5.32 Å². The molecular formula is C19H18BrClN4S. The number of aromatic nitrogens is 3. The van der Waals surface area contributed by atoms with Gasteiger partial charge in [0.1, 0.15) is 16.1 Å². The molecule has 0 spiro atoms. The number of nitrogens with zero attached hydrogens (tertiary/aromatic N) is 3. The fourth-order valence-corrected chi connectivity index (χ4v) is 5.20. The van der Waals surface area contributed by atoms with Crippen LogP contribution in [-0.2, 0) is 7.05 Å². The molecule has 0 fully saturated rings. The smallest absolute Gasteiger partial charge is 0.129 e. The summed E-state index contributed by atoms with van der Waals surface area (Å²) in [6, 6.07) is 12.1. The van der Waals surface area contributed by atoms with Gasteiger partial charge in [0, 0.05) is 29.9 Å². The highest BCUT2D eigenvalue weighted by Gasteiger charge is 2.30. The second-order valence-electron chi connectivity index (χ2n) is 6.26. The fourth-order valence-electron chi connectivity index (χ4n) is 3.34. The maximum atomic E-state index is 6.19. The number of fused-ring (bicyclic) bond motifs is 1. The second-order valence-corrected chi connectivity index (χ2v) is 8.72. The van der Waals surface area contributed by atoms with E-state index in [-0.39, 0.29) is 5.25 Å². The zero-order valence-electron chi connectivity index (χ0n) is 14.5. The molecule has 0 amide bonds. The zero-order chi connectivity index (χ0) is 18.3. The van der Waals surface area contributed by atoms with Gasteiger partial charge in [0.2, 0.25) is 0 Å². The van der Waals surface area contributed by atoms with E-state index in [2.05, 4.69) is 39.2 Å². The van der Waals surface area contributed by atoms with Crippen LogP contribution in [0.1, 0.15) is 21.9 Å². The molecule has 4 rings (SSSR count). The van der Waals surface area contributed by atoms with Crippen LogP contribution in [0.2, 0.25) is 5.02 Å². The van der Waals surface area contributed by atoms with E-state index in [0.29, 0.717) is 0 Å². The first-order valence-electron chi connectivity index (χ1n) is 8.36. The summed E-state index contributed by atoms with van der Waals surface area (Å²) in [5.74, 6) is 2.08. The number of hydrogen-bond donors (Lipinski definition) is 1. The highest BCUT2D eigenvalue weighted by molar-refractivity contribution is 9.10. The highest BCUT2D eigenvalue weighted by Crippen LogP contribution is 2.46. The molecule has 0 saturated heterocycles. The number of rotatable bonds is 2. The Hall–Kier alpha value is -1.50. The van der Waals surface area contributed by atoms with Crippen molar-refractivity contribution in [3.63, 3.8) is 0 Å². The monoisotopic (exact) mass is 448 g/mol. The molecular weight excluding hydrogens is 432 g/mol. The normalized spacial score (nSPS) is 16.7. The molecule has 0 radical (unpaired) electrons. The number of hydrogen-bond acceptors (Lipinski definition) is 4. The number of anilines is 1. The lowest BCUT2D eigenvalue weighted by Crippen LogP contribution is -2.06. The summed E-state index contributed by atoms with van der Waals surface area (Å²) in [7, 11) is 1.98. The van der Waals surface area contributed by atoms with Crippen LogP contribution in [0, 0.1) is 6.92 Å². The standard InChI is InChI=1S/C19H18BrClN4S/c1-11-10-12(21)6-7-13(11)18-16-17(14-4-3-5-15(20)23-14)24-25(2)19(16)22-8-9-26-18/h3-7,10,18,22H,8-9H2,1-2H3. The van der Waals surface area contributed by atoms with E-state index in [1.807, 2.05) is 53.8 Å². The Kier molecular flexibility index (Phi) is 4.99. The molecule has 4 nitrogen and oxygen atoms in total. The highest BCUT2D eigenvalue weighted by atomic mass is 79.9. The van der Waals surface area contributed by atoms with Crippen molar-refractivity contribution in [1.29, 1.82) is 0 Å². The van der Waals surface area contributed by atoms with Crippen LogP contribution in [0.5, 0.6) is 0 Å². The molecule has 1 aliphatic heterocycles. The van der Waals surface area contributed by atoms with Crippen LogP contribution in [0.4, 0.5) is 5.82 Å². The average Bonchev–Trinajstić information content (AvgIpc) is 2.78. The summed E-state index contributed by atoms with van der Waals surface area (Å²) in [5, 5.41) is 9.29. The number of halogens is 2. The van der Waals surface area contributed by atoms with Crippen molar-refractivity contribution in [2.75, 3.05) is 17.6 Å². The molecule has 2 aromatic heterocycles. The molecule has 7 heteroatoms. The summed E-state index contributed by atoms with van der Waals surface area (Å²) >= 11 is 11.6. The van der Waals surface area contributed by atoms with Gasteiger partial charge in [-0.15, -0.1) is 11.8 Å². The van der Waals surface area contributed by atoms with E-state index in [4.69, 9.17) is 16.7 Å². The van der Waals surface area contributed by atoms with E-state index in [1.165, 1.54) is 16.7 Å². The van der Waals surface area contributed by atoms with E-state index in [0.717, 1.165) is 39.1 Å². The summed E-state index contributed by atoms with van der Waals surface area (Å²) in [6.45, 7) is 3.03. The first-order valence-corrected chi connectivity index (χ1v) is 10.6. The van der Waals surface area contributed by atoms with Gasteiger partial charge in [-0.25, -0.2) is 4.98 Å². The third kappa shape index (κ3) is 3.26. The Morgan fingerprint density at radius 2 is 2.15 bits per heavy atom. The molecule has 1 aliphatic rings. The summed E-state index contributed by atoms with van der Waals surface area (Å²) < 4.78 is 2.74. The van der Waals surface area contributed by atoms with Gasteiger partial charge in [-0.2, -0.15) is 5.10 Å². The number of thioether (sulfide) groups is 1. The maximum absolute atomic E-state index is 6.19. The molecule has 1 aromatic carbocycles. The van der Waals surface area contributed by atoms with Gasteiger partial charge in [0.25, 0.3) is 0 Å². The van der Waals surface area contributed by atoms with Crippen LogP contribution in [-0.4, -0.2) is 27.1 Å². The Balaban J connectivity index is 1.93. The van der Waals surface area contributed by atoms with Crippen molar-refractivity contribution >= 4 is 45.1 Å². The lowest BCUT2D eigenvalue weighted by molar-refractivity contribution is 0.773. The van der Waals surface area contributed by atoms with Crippen LogP contribution in [0.15, 0.2) is 41.0 Å². The van der Waals surface area contributed by atoms with E-state index in [1.54, 1.807) is 0 Å². The third-order valence-corrected chi connectivity index (χ3v) is 6.44. The Labute approximate surface area is 170 Å². The van der Waals surface area contributed by atoms with Crippen LogP contribution in [0.3, 0.4) is 0 Å². The molecule has 0 bridgehead atoms. The number of pyridine rings is 1. The van der Waals surface area contributed by atoms with Crippen molar-refractivity contribution < 1.29 is 0 Å². The molecule has 0 saturated carbocycles. The SMILES string of the molecule is Cc1cc(Cl)ccc1C1SCCNc2c1c(-c1cccc(Br)n1)nn2C. The molecule has 1 atom stereocenters. The van der Waals surface area contributed by atoms with Gasteiger partial charge in [-0.1, -0.05) is 23.7 Å². The summed E-state index contributed by atoms with van der Waals surface area (Å²) in [5.41, 5.74) is 5.45. The van der Waals surface area contributed by atoms with Crippen molar-refractivity contribution in [2.24, 2.45) is 7.05 Å². The molecule has 134 valence electrons. The molecule has 1 unspecified atom stereocenters. The number of benzene rings is 1. The Morgan fingerprint density at radius 3 is 2.92 bits per heavy atom. The van der Waals surface area contributed by atoms with Crippen molar-refractivity contribution in [3.05, 3.63) is 62.7 Å².